The van der Waals surface area contributed by atoms with Crippen LogP contribution in [0.3, 0.4) is 0 Å². The molecule has 2 rings (SSSR count). The summed E-state index contributed by atoms with van der Waals surface area (Å²) in [7, 11) is 0. The van der Waals surface area contributed by atoms with E-state index < -0.39 is 0 Å². The number of nitrogens with one attached hydrogen (secondary N) is 2. The molecule has 0 heterocycles. The highest BCUT2D eigenvalue weighted by Gasteiger charge is 2.19. The van der Waals surface area contributed by atoms with E-state index in [4.69, 9.17) is 4.99 Å². The van der Waals surface area contributed by atoms with E-state index in [0.717, 1.165) is 44.6 Å². The van der Waals surface area contributed by atoms with E-state index in [1.165, 1.54) is 11.1 Å². The van der Waals surface area contributed by atoms with Crippen molar-refractivity contribution in [2.45, 2.75) is 64.6 Å². The van der Waals surface area contributed by atoms with E-state index in [1.54, 1.807) is 0 Å². The van der Waals surface area contributed by atoms with E-state index in [2.05, 4.69) is 48.7 Å². The van der Waals surface area contributed by atoms with Crippen LogP contribution in [-0.4, -0.2) is 29.8 Å². The van der Waals surface area contributed by atoms with Crippen molar-refractivity contribution in [1.29, 1.82) is 0 Å². The first-order valence-electron chi connectivity index (χ1n) is 8.52. The summed E-state index contributed by atoms with van der Waals surface area (Å²) in [4.78, 5) is 4.74. The molecule has 1 fully saturated rings. The van der Waals surface area contributed by atoms with Gasteiger partial charge in [0.05, 0.1) is 12.6 Å². The Morgan fingerprint density at radius 3 is 2.39 bits per heavy atom. The molecule has 1 aliphatic carbocycles. The average Bonchev–Trinajstić information content (AvgIpc) is 2.55. The van der Waals surface area contributed by atoms with Gasteiger partial charge in [0.15, 0.2) is 5.96 Å². The van der Waals surface area contributed by atoms with Crippen molar-refractivity contribution < 1.29 is 5.11 Å². The normalized spacial score (nSPS) is 21.4. The van der Waals surface area contributed by atoms with Gasteiger partial charge in [0.1, 0.15) is 0 Å². The van der Waals surface area contributed by atoms with Gasteiger partial charge in [-0.25, -0.2) is 4.99 Å². The van der Waals surface area contributed by atoms with Gasteiger partial charge in [0.2, 0.25) is 0 Å². The van der Waals surface area contributed by atoms with Crippen molar-refractivity contribution in [3.05, 3.63) is 35.4 Å². The Morgan fingerprint density at radius 2 is 1.78 bits per heavy atom. The highest BCUT2D eigenvalue weighted by atomic mass is 127. The van der Waals surface area contributed by atoms with Gasteiger partial charge in [-0.05, 0) is 50.2 Å². The van der Waals surface area contributed by atoms with Crippen LogP contribution in [0.2, 0.25) is 0 Å². The lowest BCUT2D eigenvalue weighted by atomic mass is 9.93. The van der Waals surface area contributed by atoms with Gasteiger partial charge in [-0.1, -0.05) is 31.2 Å². The summed E-state index contributed by atoms with van der Waals surface area (Å²) in [6.07, 6.45) is 4.71. The zero-order chi connectivity index (χ0) is 15.8. The lowest BCUT2D eigenvalue weighted by molar-refractivity contribution is 0.120. The fraction of sp³-hybridized carbons (Fsp3) is 0.611. The summed E-state index contributed by atoms with van der Waals surface area (Å²) in [6.45, 7) is 5.83. The van der Waals surface area contributed by atoms with Crippen LogP contribution in [0.15, 0.2) is 29.3 Å². The second-order valence-electron chi connectivity index (χ2n) is 5.97. The number of aliphatic hydroxyl groups is 1. The summed E-state index contributed by atoms with van der Waals surface area (Å²) in [5.41, 5.74) is 2.66. The number of aryl methyl sites for hydroxylation is 1. The number of rotatable bonds is 5. The van der Waals surface area contributed by atoms with Crippen LogP contribution in [0, 0.1) is 0 Å². The van der Waals surface area contributed by atoms with Crippen LogP contribution in [-0.2, 0) is 13.0 Å². The molecule has 1 aromatic rings. The molecule has 0 amide bonds. The minimum atomic E-state index is -0.117. The number of halogens is 1. The van der Waals surface area contributed by atoms with Crippen LogP contribution in [0.1, 0.15) is 50.7 Å². The zero-order valence-electron chi connectivity index (χ0n) is 14.2. The zero-order valence-corrected chi connectivity index (χ0v) is 16.5. The first-order chi connectivity index (χ1) is 10.7. The molecule has 5 heteroatoms. The molecule has 0 atom stereocenters. The molecule has 23 heavy (non-hydrogen) atoms. The Kier molecular flexibility index (Phi) is 9.55. The monoisotopic (exact) mass is 431 g/mol. The summed E-state index contributed by atoms with van der Waals surface area (Å²) in [5, 5.41) is 16.4. The number of hydrogen-bond acceptors (Lipinski definition) is 2. The van der Waals surface area contributed by atoms with Crippen molar-refractivity contribution in [3.63, 3.8) is 0 Å². The molecule has 3 N–H and O–H groups in total. The number of aliphatic imine (C=N–C) groups is 1. The third-order valence-corrected chi connectivity index (χ3v) is 4.29. The maximum absolute atomic E-state index is 9.60. The van der Waals surface area contributed by atoms with Gasteiger partial charge in [-0.2, -0.15) is 0 Å². The second kappa shape index (κ2) is 10.9. The smallest absolute Gasteiger partial charge is 0.191 e. The molecule has 0 saturated heterocycles. The Balaban J connectivity index is 0.00000264. The Bertz CT molecular complexity index is 485. The third-order valence-electron chi connectivity index (χ3n) is 4.29. The van der Waals surface area contributed by atoms with Crippen LogP contribution in [0.4, 0.5) is 0 Å². The lowest BCUT2D eigenvalue weighted by Gasteiger charge is -2.27. The Labute approximate surface area is 157 Å². The highest BCUT2D eigenvalue weighted by Crippen LogP contribution is 2.18. The van der Waals surface area contributed by atoms with Crippen LogP contribution in [0.25, 0.3) is 0 Å². The van der Waals surface area contributed by atoms with Gasteiger partial charge >= 0.3 is 0 Å². The van der Waals surface area contributed by atoms with Crippen molar-refractivity contribution in [1.82, 2.24) is 10.6 Å². The predicted molar refractivity (Wildman–Crippen MR) is 107 cm³/mol. The van der Waals surface area contributed by atoms with Crippen LogP contribution < -0.4 is 10.6 Å². The van der Waals surface area contributed by atoms with Gasteiger partial charge in [0.25, 0.3) is 0 Å². The van der Waals surface area contributed by atoms with E-state index in [1.807, 2.05) is 0 Å². The number of aliphatic hydroxyl groups excluding tert-OH is 1. The minimum Gasteiger partial charge on any atom is -0.393 e. The van der Waals surface area contributed by atoms with E-state index in [-0.39, 0.29) is 30.1 Å². The molecule has 4 nitrogen and oxygen atoms in total. The quantitative estimate of drug-likeness (QED) is 0.381. The summed E-state index contributed by atoms with van der Waals surface area (Å²) in [6, 6.07) is 8.91. The number of benzene rings is 1. The molecule has 1 aromatic carbocycles. The van der Waals surface area contributed by atoms with Crippen LogP contribution in [0.5, 0.6) is 0 Å². The summed E-state index contributed by atoms with van der Waals surface area (Å²) < 4.78 is 0. The minimum absolute atomic E-state index is 0. The number of guanidine groups is 1. The molecular formula is C18H30IN3O. The molecule has 130 valence electrons. The Hall–Kier alpha value is -0.820. The molecule has 0 radical (unpaired) electrons. The van der Waals surface area contributed by atoms with Crippen molar-refractivity contribution in [2.24, 2.45) is 4.99 Å². The highest BCUT2D eigenvalue weighted by molar-refractivity contribution is 14.0. The first-order valence-corrected chi connectivity index (χ1v) is 8.52. The number of hydrogen-bond donors (Lipinski definition) is 3. The van der Waals surface area contributed by atoms with E-state index in [9.17, 15) is 5.11 Å². The van der Waals surface area contributed by atoms with Crippen molar-refractivity contribution in [3.8, 4) is 0 Å². The maximum atomic E-state index is 9.60. The molecule has 0 spiro atoms. The van der Waals surface area contributed by atoms with Gasteiger partial charge < -0.3 is 15.7 Å². The molecule has 0 aliphatic heterocycles. The predicted octanol–water partition coefficient (Wildman–Crippen LogP) is 3.23. The van der Waals surface area contributed by atoms with E-state index in [0.29, 0.717) is 12.6 Å². The topological polar surface area (TPSA) is 56.7 Å². The SMILES string of the molecule is CCNC(=NCc1ccccc1CC)NC1CCC(O)CC1.I. The molecule has 0 unspecified atom stereocenters. The standard InChI is InChI=1S/C18H29N3O.HI/c1-3-14-7-5-6-8-15(14)13-20-18(19-4-2)21-16-9-11-17(22)12-10-16;/h5-8,16-17,22H,3-4,9-13H2,1-2H3,(H2,19,20,21);1H. The van der Waals surface area contributed by atoms with E-state index >= 15 is 0 Å². The Morgan fingerprint density at radius 1 is 1.13 bits per heavy atom. The van der Waals surface area contributed by atoms with Crippen molar-refractivity contribution in [2.75, 3.05) is 6.54 Å². The molecule has 1 saturated carbocycles. The third kappa shape index (κ3) is 6.67. The largest absolute Gasteiger partial charge is 0.393 e. The number of nitrogens with zero attached hydrogens (tertiary/aromatic N) is 1. The van der Waals surface area contributed by atoms with Crippen LogP contribution >= 0.6 is 24.0 Å². The lowest BCUT2D eigenvalue weighted by Crippen LogP contribution is -2.45. The fourth-order valence-electron chi connectivity index (χ4n) is 2.95. The van der Waals surface area contributed by atoms with Crippen molar-refractivity contribution >= 4 is 29.9 Å². The second-order valence-corrected chi connectivity index (χ2v) is 5.97. The van der Waals surface area contributed by atoms with Gasteiger partial charge in [-0.15, -0.1) is 24.0 Å². The summed E-state index contributed by atoms with van der Waals surface area (Å²) in [5.74, 6) is 0.884. The molecule has 0 bridgehead atoms. The summed E-state index contributed by atoms with van der Waals surface area (Å²) >= 11 is 0. The maximum Gasteiger partial charge on any atom is 0.191 e. The van der Waals surface area contributed by atoms with Gasteiger partial charge in [-0.3, -0.25) is 0 Å². The molecular weight excluding hydrogens is 401 g/mol. The average molecular weight is 431 g/mol. The first kappa shape index (κ1) is 20.2. The molecule has 0 aromatic heterocycles. The molecule has 1 aliphatic rings. The van der Waals surface area contributed by atoms with Gasteiger partial charge in [0, 0.05) is 12.6 Å². The fourth-order valence-corrected chi connectivity index (χ4v) is 2.95.